The van der Waals surface area contributed by atoms with Gasteiger partial charge in [0.2, 0.25) is 5.71 Å². The van der Waals surface area contributed by atoms with Crippen molar-refractivity contribution in [2.75, 3.05) is 10.4 Å². The van der Waals surface area contributed by atoms with Gasteiger partial charge in [-0.15, -0.1) is 0 Å². The van der Waals surface area contributed by atoms with E-state index in [4.69, 9.17) is 0 Å². The Morgan fingerprint density at radius 2 is 1.34 bits per heavy atom. The van der Waals surface area contributed by atoms with Gasteiger partial charge in [0.15, 0.2) is 27.1 Å². The average molecular weight is 508 g/mol. The molecular weight excluding hydrogens is 493 g/mol. The molecule has 1 heterocycles. The Morgan fingerprint density at radius 3 is 1.78 bits per heavy atom. The summed E-state index contributed by atoms with van der Waals surface area (Å²) in [5.41, 5.74) is 1.87. The molecule has 2 aromatic rings. The molecular formula is C16H15N4Na3O7S2. The molecule has 1 aliphatic heterocycles. The summed E-state index contributed by atoms with van der Waals surface area (Å²) in [6.07, 6.45) is 0. The number of amides is 1. The molecule has 0 atom stereocenters. The Labute approximate surface area is 252 Å². The Kier molecular flexibility index (Phi) is 13.7. The Hall–Kier alpha value is -0.580. The van der Waals surface area contributed by atoms with Crippen molar-refractivity contribution in [2.24, 2.45) is 10.2 Å². The van der Waals surface area contributed by atoms with Crippen molar-refractivity contribution < 1.29 is 31.5 Å². The second-order valence-corrected chi connectivity index (χ2v) is 7.58. The quantitative estimate of drug-likeness (QED) is 0.197. The van der Waals surface area contributed by atoms with E-state index in [0.717, 1.165) is 5.01 Å². The molecule has 0 saturated carbocycles. The van der Waals surface area contributed by atoms with Crippen LogP contribution >= 0.6 is 0 Å². The van der Waals surface area contributed by atoms with E-state index in [0.29, 0.717) is 5.69 Å². The van der Waals surface area contributed by atoms with Crippen LogP contribution in [0.25, 0.3) is 0 Å². The number of thiol groups is 2. The fourth-order valence-corrected chi connectivity index (χ4v) is 3.09. The fraction of sp³-hybridized carbons (Fsp3) is 0. The van der Waals surface area contributed by atoms with Gasteiger partial charge >= 0.3 is 101 Å². The molecule has 1 amide bonds. The summed E-state index contributed by atoms with van der Waals surface area (Å²) >= 11 is 0. The van der Waals surface area contributed by atoms with Gasteiger partial charge in [-0.1, -0.05) is 0 Å². The van der Waals surface area contributed by atoms with Gasteiger partial charge in [-0.2, -0.15) is 15.2 Å². The van der Waals surface area contributed by atoms with Crippen molar-refractivity contribution >= 4 is 145 Å². The van der Waals surface area contributed by atoms with E-state index in [9.17, 15) is 31.5 Å². The number of nitrogens with one attached hydrogen (secondary N) is 1. The summed E-state index contributed by atoms with van der Waals surface area (Å²) in [5, 5.41) is 17.6. The monoisotopic (exact) mass is 508 g/mol. The van der Waals surface area contributed by atoms with Gasteiger partial charge < -0.3 is 5.11 Å². The van der Waals surface area contributed by atoms with E-state index >= 15 is 0 Å². The zero-order valence-electron chi connectivity index (χ0n) is 14.3. The van der Waals surface area contributed by atoms with Crippen molar-refractivity contribution in [2.45, 2.75) is 9.79 Å². The van der Waals surface area contributed by atoms with Crippen LogP contribution in [0.1, 0.15) is 0 Å². The van der Waals surface area contributed by atoms with Gasteiger partial charge in [0.25, 0.3) is 0 Å². The van der Waals surface area contributed by atoms with Crippen molar-refractivity contribution in [3.8, 4) is 0 Å². The Balaban J connectivity index is 0.00000320. The van der Waals surface area contributed by atoms with E-state index in [1.54, 1.807) is 0 Å². The minimum atomic E-state index is -2.80. The molecule has 0 aliphatic carbocycles. The molecule has 0 unspecified atom stereocenters. The molecule has 16 heteroatoms. The van der Waals surface area contributed by atoms with Crippen LogP contribution < -0.4 is 10.4 Å². The number of carboxylic acids is 1. The number of carbonyl (C=O) groups is 2. The van der Waals surface area contributed by atoms with Crippen molar-refractivity contribution in [1.29, 1.82) is 0 Å². The normalized spacial score (nSPS) is 13.8. The Morgan fingerprint density at radius 1 is 0.875 bits per heavy atom. The van der Waals surface area contributed by atoms with Crippen LogP contribution in [0.2, 0.25) is 0 Å². The van der Waals surface area contributed by atoms with Crippen LogP contribution in [-0.2, 0) is 31.0 Å². The number of hydrazone groups is 2. The fourth-order valence-electron chi connectivity index (χ4n) is 2.31. The number of hydrogen-bond donors (Lipinski definition) is 4. The number of carboxylic acid groups (broad SMARTS) is 1. The number of anilines is 2. The molecule has 32 heavy (non-hydrogen) atoms. The topological polar surface area (TPSA) is 163 Å². The van der Waals surface area contributed by atoms with Gasteiger partial charge in [0.1, 0.15) is 0 Å². The standard InChI is InChI=1S/C16H12N4O7S2.3Na.3H/c21-15-13(18-17-9-1-5-11(6-2-9)28(24)25)14(16(22)23)19-20(15)10-3-7-12(8-4-10)29(26)27;;;;;;/h1-8,17,28-29H,(H,22,23);;;;;;/b18-13+;;;;;;. The predicted octanol–water partition coefficient (Wildman–Crippen LogP) is -2.06. The second kappa shape index (κ2) is 14.0. The second-order valence-electron chi connectivity index (χ2n) is 5.52. The average Bonchev–Trinajstić information content (AvgIpc) is 3.03. The molecule has 11 nitrogen and oxygen atoms in total. The number of aliphatic carboxylic acids is 1. The minimum absolute atomic E-state index is 0. The van der Waals surface area contributed by atoms with Crippen LogP contribution in [0.3, 0.4) is 0 Å². The van der Waals surface area contributed by atoms with Crippen LogP contribution in [0, 0.1) is 0 Å². The molecule has 2 aromatic carbocycles. The number of nitrogens with zero attached hydrogens (tertiary/aromatic N) is 3. The molecule has 0 saturated heterocycles. The van der Waals surface area contributed by atoms with Gasteiger partial charge in [0, 0.05) is 0 Å². The molecule has 156 valence electrons. The van der Waals surface area contributed by atoms with Gasteiger partial charge in [0.05, 0.1) is 21.2 Å². The third-order valence-corrected chi connectivity index (χ3v) is 5.14. The molecule has 3 rings (SSSR count). The molecule has 0 spiro atoms. The number of benzene rings is 2. The first-order chi connectivity index (χ1) is 13.8. The summed E-state index contributed by atoms with van der Waals surface area (Å²) in [6, 6.07) is 10.5. The van der Waals surface area contributed by atoms with E-state index in [1.807, 2.05) is 0 Å². The van der Waals surface area contributed by atoms with Crippen molar-refractivity contribution in [3.05, 3.63) is 48.5 Å². The first-order valence-electron chi connectivity index (χ1n) is 7.77. The summed E-state index contributed by atoms with van der Waals surface area (Å²) in [5.74, 6) is -2.33. The summed E-state index contributed by atoms with van der Waals surface area (Å²) in [7, 11) is -5.55. The summed E-state index contributed by atoms with van der Waals surface area (Å²) in [6.45, 7) is 0. The molecule has 0 aromatic heterocycles. The SMILES string of the molecule is O=C(O)C1=NN(c2ccc([SH](=O)=O)cc2)C(=O)/C1=N/Nc1ccc([SH](=O)=O)cc1.[NaH].[NaH].[NaH]. The molecule has 0 radical (unpaired) electrons. The molecule has 0 fully saturated rings. The third kappa shape index (κ3) is 7.46. The zero-order valence-corrected chi connectivity index (χ0v) is 16.0. The van der Waals surface area contributed by atoms with E-state index in [1.165, 1.54) is 48.5 Å². The van der Waals surface area contributed by atoms with Crippen molar-refractivity contribution in [3.63, 3.8) is 0 Å². The van der Waals surface area contributed by atoms with Crippen LogP contribution in [-0.4, -0.2) is 134 Å². The number of carbonyl (C=O) groups excluding carboxylic acids is 1. The number of hydrogen-bond acceptors (Lipinski definition) is 9. The van der Waals surface area contributed by atoms with E-state index < -0.39 is 44.7 Å². The molecule has 2 N–H and O–H groups in total. The third-order valence-electron chi connectivity index (χ3n) is 3.70. The van der Waals surface area contributed by atoms with Gasteiger partial charge in [-0.05, 0) is 48.5 Å². The summed E-state index contributed by atoms with van der Waals surface area (Å²) < 4.78 is 43.7. The molecule has 0 bridgehead atoms. The first kappa shape index (κ1) is 31.4. The predicted molar refractivity (Wildman–Crippen MR) is 125 cm³/mol. The van der Waals surface area contributed by atoms with E-state index in [2.05, 4.69) is 15.6 Å². The van der Waals surface area contributed by atoms with Crippen LogP contribution in [0.15, 0.2) is 68.5 Å². The zero-order chi connectivity index (χ0) is 21.1. The van der Waals surface area contributed by atoms with E-state index in [-0.39, 0.29) is 104 Å². The maximum atomic E-state index is 12.6. The van der Waals surface area contributed by atoms with Crippen molar-refractivity contribution in [1.82, 2.24) is 0 Å². The Bertz CT molecular complexity index is 1200. The number of rotatable bonds is 6. The van der Waals surface area contributed by atoms with Crippen LogP contribution in [0.4, 0.5) is 11.4 Å². The summed E-state index contributed by atoms with van der Waals surface area (Å²) in [4.78, 5) is 24.1. The van der Waals surface area contributed by atoms with Gasteiger partial charge in [-0.25, -0.2) is 21.6 Å². The molecule has 1 aliphatic rings. The van der Waals surface area contributed by atoms with Crippen LogP contribution in [0.5, 0.6) is 0 Å². The maximum absolute atomic E-state index is 12.6. The van der Waals surface area contributed by atoms with Gasteiger partial charge in [-0.3, -0.25) is 10.2 Å². The first-order valence-corrected chi connectivity index (χ1v) is 10.1.